The minimum Gasteiger partial charge on any atom is -0.458 e. The zero-order valence-corrected chi connectivity index (χ0v) is 12.9. The van der Waals surface area contributed by atoms with Crippen LogP contribution >= 0.6 is 22.6 Å². The molecule has 1 N–H and O–H groups in total. The fraction of sp³-hybridized carbons (Fsp3) is 0.429. The summed E-state index contributed by atoms with van der Waals surface area (Å²) in [6.07, 6.45) is 4.71. The predicted molar refractivity (Wildman–Crippen MR) is 81.2 cm³/mol. The van der Waals surface area contributed by atoms with Crippen LogP contribution in [0.4, 0.5) is 0 Å². The highest BCUT2D eigenvalue weighted by atomic mass is 127. The van der Waals surface area contributed by atoms with Gasteiger partial charge in [-0.25, -0.2) is 4.98 Å². The topological polar surface area (TPSA) is 58.9 Å². The number of hydrogen-bond acceptors (Lipinski definition) is 3. The number of furan rings is 1. The molecule has 4 nitrogen and oxygen atoms in total. The van der Waals surface area contributed by atoms with Crippen LogP contribution in [0.2, 0.25) is 0 Å². The number of H-pyrrole nitrogens is 1. The first-order valence-corrected chi connectivity index (χ1v) is 7.59. The van der Waals surface area contributed by atoms with Gasteiger partial charge in [0, 0.05) is 5.92 Å². The highest BCUT2D eigenvalue weighted by Crippen LogP contribution is 2.35. The van der Waals surface area contributed by atoms with Gasteiger partial charge in [0.05, 0.1) is 5.69 Å². The zero-order valence-electron chi connectivity index (χ0n) is 10.7. The Morgan fingerprint density at radius 1 is 1.37 bits per heavy atom. The first kappa shape index (κ1) is 12.9. The average molecular weight is 370 g/mol. The molecule has 2 heterocycles. The van der Waals surface area contributed by atoms with E-state index in [1.54, 1.807) is 0 Å². The quantitative estimate of drug-likeness (QED) is 0.822. The number of aromatic amines is 1. The third-order valence-electron chi connectivity index (χ3n) is 3.60. The lowest BCUT2D eigenvalue weighted by Crippen LogP contribution is -2.17. The van der Waals surface area contributed by atoms with E-state index in [1.165, 1.54) is 12.8 Å². The van der Waals surface area contributed by atoms with E-state index in [2.05, 4.69) is 32.6 Å². The van der Waals surface area contributed by atoms with Crippen molar-refractivity contribution in [2.45, 2.75) is 38.5 Å². The monoisotopic (exact) mass is 370 g/mol. The Bertz CT molecular complexity index is 654. The second-order valence-corrected chi connectivity index (χ2v) is 6.08. The van der Waals surface area contributed by atoms with E-state index >= 15 is 0 Å². The van der Waals surface area contributed by atoms with Crippen molar-refractivity contribution in [2.24, 2.45) is 0 Å². The van der Waals surface area contributed by atoms with Gasteiger partial charge in [0.2, 0.25) is 0 Å². The molecule has 100 valence electrons. The molecule has 1 aliphatic rings. The first-order chi connectivity index (χ1) is 9.15. The summed E-state index contributed by atoms with van der Waals surface area (Å²) in [4.78, 5) is 19.5. The van der Waals surface area contributed by atoms with E-state index in [0.29, 0.717) is 17.5 Å². The second-order valence-electron chi connectivity index (χ2n) is 5.01. The molecule has 1 fully saturated rings. The molecule has 0 saturated heterocycles. The molecule has 0 unspecified atom stereocenters. The van der Waals surface area contributed by atoms with Gasteiger partial charge in [0.1, 0.15) is 9.33 Å². The molecule has 1 aliphatic carbocycles. The highest BCUT2D eigenvalue weighted by molar-refractivity contribution is 14.1. The minimum absolute atomic E-state index is 0.0680. The molecule has 0 spiro atoms. The molecule has 0 radical (unpaired) electrons. The maximum atomic E-state index is 12.1. The van der Waals surface area contributed by atoms with Crippen molar-refractivity contribution in [3.8, 4) is 11.6 Å². The summed E-state index contributed by atoms with van der Waals surface area (Å²) < 4.78 is 6.27. The SMILES string of the molecule is Cc1ccc(-c2nc(C3CCCC3)c(I)c(=O)[nH]2)o1. The summed E-state index contributed by atoms with van der Waals surface area (Å²) >= 11 is 2.10. The van der Waals surface area contributed by atoms with Crippen LogP contribution in [0.3, 0.4) is 0 Å². The number of nitrogens with one attached hydrogen (secondary N) is 1. The van der Waals surface area contributed by atoms with Crippen LogP contribution in [0.1, 0.15) is 43.1 Å². The molecular formula is C14H15IN2O2. The van der Waals surface area contributed by atoms with Crippen molar-refractivity contribution in [3.63, 3.8) is 0 Å². The molecule has 0 aliphatic heterocycles. The molecule has 2 aromatic heterocycles. The van der Waals surface area contributed by atoms with E-state index in [-0.39, 0.29) is 5.56 Å². The summed E-state index contributed by atoms with van der Waals surface area (Å²) in [5, 5.41) is 0. The summed E-state index contributed by atoms with van der Waals surface area (Å²) in [6.45, 7) is 1.88. The van der Waals surface area contributed by atoms with Gasteiger partial charge in [0.15, 0.2) is 11.6 Å². The van der Waals surface area contributed by atoms with E-state index < -0.39 is 0 Å². The van der Waals surface area contributed by atoms with Crippen molar-refractivity contribution < 1.29 is 4.42 Å². The number of aromatic nitrogens is 2. The lowest BCUT2D eigenvalue weighted by Gasteiger charge is -2.11. The largest absolute Gasteiger partial charge is 0.458 e. The molecule has 0 aromatic carbocycles. The maximum absolute atomic E-state index is 12.1. The van der Waals surface area contributed by atoms with Gasteiger partial charge in [-0.05, 0) is 54.5 Å². The predicted octanol–water partition coefficient (Wildman–Crippen LogP) is 3.60. The van der Waals surface area contributed by atoms with Crippen molar-refractivity contribution in [1.29, 1.82) is 0 Å². The molecule has 1 saturated carbocycles. The Morgan fingerprint density at radius 3 is 2.74 bits per heavy atom. The standard InChI is InChI=1S/C14H15IN2O2/c1-8-6-7-10(19-8)13-16-12(9-4-2-3-5-9)11(15)14(18)17-13/h6-7,9H,2-5H2,1H3,(H,16,17,18). The van der Waals surface area contributed by atoms with Crippen LogP contribution in [0.15, 0.2) is 21.3 Å². The van der Waals surface area contributed by atoms with Crippen LogP contribution in [0, 0.1) is 10.5 Å². The normalized spacial score (nSPS) is 16.1. The van der Waals surface area contributed by atoms with Crippen LogP contribution in [0.25, 0.3) is 11.6 Å². The van der Waals surface area contributed by atoms with E-state index in [4.69, 9.17) is 4.42 Å². The van der Waals surface area contributed by atoms with Crippen molar-refractivity contribution >= 4 is 22.6 Å². The van der Waals surface area contributed by atoms with Crippen molar-refractivity contribution in [2.75, 3.05) is 0 Å². The van der Waals surface area contributed by atoms with Crippen molar-refractivity contribution in [3.05, 3.63) is 37.5 Å². The fourth-order valence-corrected chi connectivity index (χ4v) is 3.32. The molecule has 3 rings (SSSR count). The van der Waals surface area contributed by atoms with Gasteiger partial charge in [-0.1, -0.05) is 12.8 Å². The summed E-state index contributed by atoms with van der Waals surface area (Å²) in [5.74, 6) is 2.41. The molecule has 2 aromatic rings. The Hall–Kier alpha value is -1.11. The Morgan fingerprint density at radius 2 is 2.11 bits per heavy atom. The lowest BCUT2D eigenvalue weighted by molar-refractivity contribution is 0.542. The van der Waals surface area contributed by atoms with Crippen LogP contribution in [-0.2, 0) is 0 Å². The van der Waals surface area contributed by atoms with Gasteiger partial charge >= 0.3 is 0 Å². The number of halogens is 1. The fourth-order valence-electron chi connectivity index (χ4n) is 2.62. The van der Waals surface area contributed by atoms with E-state index in [9.17, 15) is 4.79 Å². The van der Waals surface area contributed by atoms with Crippen LogP contribution < -0.4 is 5.56 Å². The number of nitrogens with zero attached hydrogens (tertiary/aromatic N) is 1. The summed E-state index contributed by atoms with van der Waals surface area (Å²) in [6, 6.07) is 3.72. The first-order valence-electron chi connectivity index (χ1n) is 6.51. The van der Waals surface area contributed by atoms with Gasteiger partial charge in [-0.15, -0.1) is 0 Å². The smallest absolute Gasteiger partial charge is 0.264 e. The Balaban J connectivity index is 2.09. The lowest BCUT2D eigenvalue weighted by atomic mass is 10.0. The summed E-state index contributed by atoms with van der Waals surface area (Å²) in [5.41, 5.74) is 0.868. The van der Waals surface area contributed by atoms with E-state index in [0.717, 1.165) is 27.9 Å². The summed E-state index contributed by atoms with van der Waals surface area (Å²) in [7, 11) is 0. The Kier molecular flexibility index (Phi) is 3.47. The third kappa shape index (κ3) is 2.48. The minimum atomic E-state index is -0.0680. The molecule has 5 heteroatoms. The second kappa shape index (κ2) is 5.11. The van der Waals surface area contributed by atoms with Crippen LogP contribution in [0.5, 0.6) is 0 Å². The molecule has 0 amide bonds. The zero-order chi connectivity index (χ0) is 13.4. The van der Waals surface area contributed by atoms with Crippen LogP contribution in [-0.4, -0.2) is 9.97 Å². The number of hydrogen-bond donors (Lipinski definition) is 1. The van der Waals surface area contributed by atoms with Gasteiger partial charge in [-0.3, -0.25) is 4.79 Å². The van der Waals surface area contributed by atoms with Gasteiger partial charge < -0.3 is 9.40 Å². The molecule has 19 heavy (non-hydrogen) atoms. The molecule has 0 atom stereocenters. The van der Waals surface area contributed by atoms with E-state index in [1.807, 2.05) is 19.1 Å². The molecular weight excluding hydrogens is 355 g/mol. The van der Waals surface area contributed by atoms with Crippen molar-refractivity contribution in [1.82, 2.24) is 9.97 Å². The average Bonchev–Trinajstić information content (AvgIpc) is 3.03. The maximum Gasteiger partial charge on any atom is 0.264 e. The third-order valence-corrected chi connectivity index (χ3v) is 4.65. The molecule has 0 bridgehead atoms. The van der Waals surface area contributed by atoms with Gasteiger partial charge in [0.25, 0.3) is 5.56 Å². The number of rotatable bonds is 2. The highest BCUT2D eigenvalue weighted by Gasteiger charge is 2.23. The van der Waals surface area contributed by atoms with Gasteiger partial charge in [-0.2, -0.15) is 0 Å². The number of aryl methyl sites for hydroxylation is 1. The Labute approximate surface area is 124 Å².